The molecule has 4 fully saturated rings. The summed E-state index contributed by atoms with van der Waals surface area (Å²) < 4.78 is 38.8. The Balaban J connectivity index is 1.32. The molecule has 9 heteroatoms. The second-order valence-corrected chi connectivity index (χ2v) is 16.9. The average molecular weight is 627 g/mol. The third-order valence-corrected chi connectivity index (χ3v) is 13.6. The third kappa shape index (κ3) is 8.36. The van der Waals surface area contributed by atoms with E-state index in [1.165, 1.54) is 44.9 Å². The molecule has 0 radical (unpaired) electrons. The number of hydrogen-bond acceptors (Lipinski definition) is 8. The Kier molecular flexibility index (Phi) is 12.5. The fraction of sp³-hybridized carbons (Fsp3) is 1.00. The molecule has 0 unspecified atom stereocenters. The maximum atomic E-state index is 11.8. The summed E-state index contributed by atoms with van der Waals surface area (Å²) in [5.41, 5.74) is 6.11. The van der Waals surface area contributed by atoms with Crippen LogP contribution in [0.2, 0.25) is 0 Å². The smallest absolute Gasteiger partial charge is 0.217 e. The predicted molar refractivity (Wildman–Crippen MR) is 172 cm³/mol. The molecule has 5 N–H and O–H groups in total. The Labute approximate surface area is 263 Å². The number of hydrogen-bond donors (Lipinski definition) is 4. The van der Waals surface area contributed by atoms with E-state index in [1.54, 1.807) is 0 Å². The monoisotopic (exact) mass is 626 g/mol. The maximum Gasteiger partial charge on any atom is 0.217 e. The summed E-state index contributed by atoms with van der Waals surface area (Å²) in [6, 6.07) is 0.569. The average Bonchev–Trinajstić information content (AvgIpc) is 3.29. The van der Waals surface area contributed by atoms with Crippen molar-refractivity contribution in [3.05, 3.63) is 0 Å². The van der Waals surface area contributed by atoms with E-state index in [0.29, 0.717) is 53.4 Å². The summed E-state index contributed by atoms with van der Waals surface area (Å²) in [5, 5.41) is 19.2. The predicted octanol–water partition coefficient (Wildman–Crippen LogP) is 5.21. The normalized spacial score (nSPS) is 39.2. The van der Waals surface area contributed by atoms with Gasteiger partial charge in [-0.1, -0.05) is 34.6 Å². The van der Waals surface area contributed by atoms with Gasteiger partial charge in [-0.25, -0.2) is 8.42 Å². The van der Waals surface area contributed by atoms with Crippen LogP contribution in [0, 0.1) is 52.3 Å². The zero-order valence-electron chi connectivity index (χ0n) is 27.9. The van der Waals surface area contributed by atoms with Gasteiger partial charge in [-0.15, -0.1) is 0 Å². The van der Waals surface area contributed by atoms with E-state index in [2.05, 4.69) is 31.4 Å². The van der Waals surface area contributed by atoms with Crippen LogP contribution < -0.4 is 16.4 Å². The second-order valence-electron chi connectivity index (χ2n) is 15.9. The first-order valence-electron chi connectivity index (χ1n) is 17.8. The Bertz CT molecular complexity index is 981. The van der Waals surface area contributed by atoms with Crippen LogP contribution in [0.1, 0.15) is 118 Å². The SMILES string of the molecule is CC(C)[C@@H](CC[C@@H](C)[C@H]1CC[C@H]2[C@@H]3[C@H](O)C[C@H]4C[C@@H](NCCCNCCCCN)CC[C@]4(C)[C@H]3CC[C@]12C)OS(=O)(=O)[O-]. The third-order valence-electron chi connectivity index (χ3n) is 13.1. The van der Waals surface area contributed by atoms with Crippen molar-refractivity contribution in [1.29, 1.82) is 0 Å². The van der Waals surface area contributed by atoms with Crippen LogP contribution in [0.25, 0.3) is 0 Å². The van der Waals surface area contributed by atoms with Gasteiger partial charge >= 0.3 is 0 Å². The molecule has 0 aliphatic heterocycles. The molecule has 0 amide bonds. The molecular weight excluding hydrogens is 562 g/mol. The summed E-state index contributed by atoms with van der Waals surface area (Å²) in [6.07, 6.45) is 13.5. The molecule has 4 rings (SSSR count). The van der Waals surface area contributed by atoms with Crippen LogP contribution in [0.15, 0.2) is 0 Å². The van der Waals surface area contributed by atoms with Crippen LogP contribution in [-0.2, 0) is 14.6 Å². The van der Waals surface area contributed by atoms with E-state index in [4.69, 9.17) is 9.92 Å². The fourth-order valence-corrected chi connectivity index (χ4v) is 11.3. The number of aliphatic hydroxyl groups is 1. The van der Waals surface area contributed by atoms with Gasteiger partial charge in [-0.05, 0) is 162 Å². The van der Waals surface area contributed by atoms with Crippen LogP contribution in [0.5, 0.6) is 0 Å². The van der Waals surface area contributed by atoms with E-state index in [-0.39, 0.29) is 17.4 Å². The molecule has 4 saturated carbocycles. The lowest BCUT2D eigenvalue weighted by molar-refractivity contribution is -0.167. The van der Waals surface area contributed by atoms with Crippen molar-refractivity contribution < 1.29 is 22.3 Å². The van der Waals surface area contributed by atoms with Gasteiger partial charge in [-0.3, -0.25) is 4.18 Å². The number of fused-ring (bicyclic) bond motifs is 5. The van der Waals surface area contributed by atoms with Crippen molar-refractivity contribution in [2.45, 2.75) is 136 Å². The highest BCUT2D eigenvalue weighted by Crippen LogP contribution is 2.68. The number of aliphatic hydroxyl groups excluding tert-OH is 1. The zero-order chi connectivity index (χ0) is 31.4. The Morgan fingerprint density at radius 3 is 2.33 bits per heavy atom. The lowest BCUT2D eigenvalue weighted by Crippen LogP contribution is -2.59. The van der Waals surface area contributed by atoms with E-state index in [1.807, 2.05) is 13.8 Å². The quantitative estimate of drug-likeness (QED) is 0.104. The first-order valence-corrected chi connectivity index (χ1v) is 19.1. The fourth-order valence-electron chi connectivity index (χ4n) is 10.7. The van der Waals surface area contributed by atoms with Crippen molar-refractivity contribution in [3.8, 4) is 0 Å². The molecule has 8 nitrogen and oxygen atoms in total. The van der Waals surface area contributed by atoms with Gasteiger partial charge in [0.15, 0.2) is 0 Å². The lowest BCUT2D eigenvalue weighted by atomic mass is 9.43. The van der Waals surface area contributed by atoms with Crippen molar-refractivity contribution >= 4 is 10.4 Å². The molecule has 43 heavy (non-hydrogen) atoms. The van der Waals surface area contributed by atoms with Crippen LogP contribution in [0.3, 0.4) is 0 Å². The van der Waals surface area contributed by atoms with Crippen LogP contribution in [-0.4, -0.2) is 62.5 Å². The standard InChI is InChI=1S/C34H65N3O5S/c1-23(2)31(42-43(39,40)41)12-9-24(3)27-10-11-28-32-29(14-16-34(27,28)5)33(4)15-13-26(21-25(33)22-30(32)38)37-20-8-19-36-18-7-6-17-35/h23-32,36-38H,6-22,35H2,1-5H3,(H,39,40,41)/p-1/t24-,25-,26+,27-,28+,29+,30-,31-,32+,33+,34-/m1/s1. The van der Waals surface area contributed by atoms with E-state index < -0.39 is 16.5 Å². The Morgan fingerprint density at radius 2 is 1.63 bits per heavy atom. The molecule has 252 valence electrons. The summed E-state index contributed by atoms with van der Waals surface area (Å²) in [5.74, 6) is 3.11. The molecule has 4 aliphatic rings. The van der Waals surface area contributed by atoms with Gasteiger partial charge in [0.05, 0.1) is 12.2 Å². The first-order chi connectivity index (χ1) is 20.3. The van der Waals surface area contributed by atoms with Gasteiger partial charge in [0.1, 0.15) is 0 Å². The zero-order valence-corrected chi connectivity index (χ0v) is 28.7. The molecule has 0 aromatic heterocycles. The molecule has 0 aromatic carbocycles. The van der Waals surface area contributed by atoms with Gasteiger partial charge in [0.2, 0.25) is 10.4 Å². The molecule has 0 bridgehead atoms. The topological polar surface area (TPSA) is 137 Å². The number of nitrogens with one attached hydrogen (secondary N) is 2. The van der Waals surface area contributed by atoms with Crippen molar-refractivity contribution in [2.75, 3.05) is 26.2 Å². The highest BCUT2D eigenvalue weighted by atomic mass is 32.3. The Morgan fingerprint density at radius 1 is 0.930 bits per heavy atom. The number of rotatable bonds is 16. The van der Waals surface area contributed by atoms with E-state index >= 15 is 0 Å². The highest BCUT2D eigenvalue weighted by Gasteiger charge is 2.62. The first kappa shape index (κ1) is 35.6. The summed E-state index contributed by atoms with van der Waals surface area (Å²) >= 11 is 0. The van der Waals surface area contributed by atoms with Gasteiger partial charge in [0, 0.05) is 6.04 Å². The summed E-state index contributed by atoms with van der Waals surface area (Å²) in [6.45, 7) is 15.2. The Hall–Kier alpha value is -0.290. The van der Waals surface area contributed by atoms with Crippen LogP contribution in [0.4, 0.5) is 0 Å². The minimum Gasteiger partial charge on any atom is -0.726 e. The van der Waals surface area contributed by atoms with Crippen molar-refractivity contribution in [3.63, 3.8) is 0 Å². The molecular formula is C34H64N3O5S-. The minimum atomic E-state index is -4.70. The van der Waals surface area contributed by atoms with Gasteiger partial charge in [-0.2, -0.15) is 0 Å². The van der Waals surface area contributed by atoms with Crippen molar-refractivity contribution in [2.24, 2.45) is 58.0 Å². The van der Waals surface area contributed by atoms with Gasteiger partial charge in [0.25, 0.3) is 0 Å². The molecule has 4 aliphatic carbocycles. The molecule has 11 atom stereocenters. The number of nitrogens with two attached hydrogens (primary N) is 1. The summed E-state index contributed by atoms with van der Waals surface area (Å²) in [4.78, 5) is 0. The lowest BCUT2D eigenvalue weighted by Gasteiger charge is -2.62. The van der Waals surface area contributed by atoms with E-state index in [9.17, 15) is 18.1 Å². The number of unbranched alkanes of at least 4 members (excludes halogenated alkanes) is 1. The molecule has 0 saturated heterocycles. The minimum absolute atomic E-state index is 0.0248. The van der Waals surface area contributed by atoms with Crippen molar-refractivity contribution in [1.82, 2.24) is 10.6 Å². The second kappa shape index (κ2) is 15.1. The summed E-state index contributed by atoms with van der Waals surface area (Å²) in [7, 11) is -4.70. The van der Waals surface area contributed by atoms with Gasteiger partial charge < -0.3 is 26.0 Å². The molecule has 0 heterocycles. The van der Waals surface area contributed by atoms with Crippen LogP contribution >= 0.6 is 0 Å². The molecule has 0 spiro atoms. The highest BCUT2D eigenvalue weighted by molar-refractivity contribution is 7.80. The largest absolute Gasteiger partial charge is 0.726 e. The van der Waals surface area contributed by atoms with E-state index in [0.717, 1.165) is 58.3 Å². The maximum absolute atomic E-state index is 11.8. The molecule has 0 aromatic rings.